The number of ketones is 1. The molecule has 1 aromatic rings. The van der Waals surface area contributed by atoms with Gasteiger partial charge in [-0.25, -0.2) is 0 Å². The average molecular weight is 280 g/mol. The number of hydrogen-bond acceptors (Lipinski definition) is 3. The summed E-state index contributed by atoms with van der Waals surface area (Å²) in [5, 5.41) is 11.8. The Morgan fingerprint density at radius 1 is 1.32 bits per heavy atom. The summed E-state index contributed by atoms with van der Waals surface area (Å²) in [6, 6.07) is 3.12. The third kappa shape index (κ3) is 2.00. The molecule has 2 atom stereocenters. The van der Waals surface area contributed by atoms with E-state index in [0.29, 0.717) is 28.3 Å². The number of aliphatic carboxylic acids is 1. The van der Waals surface area contributed by atoms with Gasteiger partial charge in [-0.3, -0.25) is 14.4 Å². The van der Waals surface area contributed by atoms with Crippen LogP contribution in [0.2, 0.25) is 5.02 Å². The topological polar surface area (TPSA) is 83.5 Å². The van der Waals surface area contributed by atoms with Crippen molar-refractivity contribution in [3.05, 3.63) is 28.3 Å². The van der Waals surface area contributed by atoms with Crippen molar-refractivity contribution in [2.75, 3.05) is 5.32 Å². The first-order valence-electron chi connectivity index (χ1n) is 5.86. The maximum absolute atomic E-state index is 12.1. The summed E-state index contributed by atoms with van der Waals surface area (Å²) >= 11 is 6.02. The molecule has 1 amide bonds. The fraction of sp³-hybridized carbons (Fsp3) is 0.308. The number of hydrogen-bond donors (Lipinski definition) is 2. The second kappa shape index (κ2) is 4.06. The highest BCUT2D eigenvalue weighted by atomic mass is 35.5. The number of carbonyl (C=O) groups is 3. The van der Waals surface area contributed by atoms with Gasteiger partial charge in [0.25, 0.3) is 0 Å². The van der Waals surface area contributed by atoms with Gasteiger partial charge in [-0.1, -0.05) is 11.6 Å². The molecule has 2 aliphatic rings. The van der Waals surface area contributed by atoms with E-state index in [2.05, 4.69) is 5.32 Å². The molecule has 19 heavy (non-hydrogen) atoms. The summed E-state index contributed by atoms with van der Waals surface area (Å²) in [7, 11) is 0. The van der Waals surface area contributed by atoms with E-state index in [1.54, 1.807) is 6.07 Å². The Balaban J connectivity index is 1.89. The molecule has 0 saturated heterocycles. The molecule has 0 unspecified atom stereocenters. The number of carboxylic acids is 1. The fourth-order valence-electron chi connectivity index (χ4n) is 2.41. The largest absolute Gasteiger partial charge is 0.481 e. The number of Topliss-reactive ketones (excluding diaryl/α,β-unsaturated/α-hetero) is 1. The minimum absolute atomic E-state index is 0.156. The van der Waals surface area contributed by atoms with Crippen molar-refractivity contribution in [3.63, 3.8) is 0 Å². The molecule has 0 spiro atoms. The quantitative estimate of drug-likeness (QED) is 0.826. The van der Waals surface area contributed by atoms with Crippen LogP contribution in [0.1, 0.15) is 22.3 Å². The van der Waals surface area contributed by atoms with Gasteiger partial charge in [0.1, 0.15) is 0 Å². The van der Waals surface area contributed by atoms with Crippen LogP contribution in [0.4, 0.5) is 5.69 Å². The lowest BCUT2D eigenvalue weighted by Crippen LogP contribution is -2.08. The molecular weight excluding hydrogens is 270 g/mol. The number of carboxylic acid groups (broad SMARTS) is 1. The maximum Gasteiger partial charge on any atom is 0.307 e. The van der Waals surface area contributed by atoms with Crippen molar-refractivity contribution in [2.24, 2.45) is 11.8 Å². The van der Waals surface area contributed by atoms with Gasteiger partial charge >= 0.3 is 5.97 Å². The average Bonchev–Trinajstić information content (AvgIpc) is 3.05. The van der Waals surface area contributed by atoms with Crippen LogP contribution in [0.3, 0.4) is 0 Å². The number of carbonyl (C=O) groups excluding carboxylic acids is 2. The Labute approximate surface area is 113 Å². The Hall–Kier alpha value is -1.88. The Morgan fingerprint density at radius 3 is 2.68 bits per heavy atom. The molecule has 2 N–H and O–H groups in total. The van der Waals surface area contributed by atoms with Gasteiger partial charge in [0, 0.05) is 11.5 Å². The third-order valence-corrected chi connectivity index (χ3v) is 3.81. The predicted molar refractivity (Wildman–Crippen MR) is 67.3 cm³/mol. The first-order valence-corrected chi connectivity index (χ1v) is 6.24. The van der Waals surface area contributed by atoms with Crippen molar-refractivity contribution in [3.8, 4) is 0 Å². The number of nitrogens with one attached hydrogen (secondary N) is 1. The second-order valence-electron chi connectivity index (χ2n) is 4.87. The maximum atomic E-state index is 12.1. The van der Waals surface area contributed by atoms with Gasteiger partial charge in [0.2, 0.25) is 5.91 Å². The Kier molecular flexibility index (Phi) is 2.60. The van der Waals surface area contributed by atoms with E-state index in [4.69, 9.17) is 16.7 Å². The van der Waals surface area contributed by atoms with Crippen LogP contribution in [-0.4, -0.2) is 22.8 Å². The SMILES string of the molecule is O=C1Cc2cc(C(=O)[C@H]3C[C@@H]3C(=O)O)cc(Cl)c2N1. The molecule has 0 bridgehead atoms. The number of halogens is 1. The Bertz CT molecular complexity index is 625. The van der Waals surface area contributed by atoms with Crippen molar-refractivity contribution < 1.29 is 19.5 Å². The zero-order chi connectivity index (χ0) is 13.7. The minimum Gasteiger partial charge on any atom is -0.481 e. The van der Waals surface area contributed by atoms with Crippen LogP contribution in [-0.2, 0) is 16.0 Å². The standard InChI is InChI=1S/C13H10ClNO4/c14-9-2-6(1-5-3-10(16)15-11(5)9)12(17)7-4-8(7)13(18)19/h1-2,7-8H,3-4H2,(H,15,16)(H,18,19)/t7-,8-/m0/s1. The Morgan fingerprint density at radius 2 is 2.05 bits per heavy atom. The molecule has 1 aliphatic carbocycles. The summed E-state index contributed by atoms with van der Waals surface area (Å²) in [6.07, 6.45) is 0.573. The monoisotopic (exact) mass is 279 g/mol. The van der Waals surface area contributed by atoms with E-state index in [-0.39, 0.29) is 18.1 Å². The summed E-state index contributed by atoms with van der Waals surface area (Å²) in [5.74, 6) is -2.36. The molecular formula is C13H10ClNO4. The van der Waals surface area contributed by atoms with Gasteiger partial charge in [0.15, 0.2) is 5.78 Å². The van der Waals surface area contributed by atoms with E-state index < -0.39 is 17.8 Å². The van der Waals surface area contributed by atoms with Crippen LogP contribution in [0, 0.1) is 11.8 Å². The highest BCUT2D eigenvalue weighted by molar-refractivity contribution is 6.35. The molecule has 1 heterocycles. The first-order chi connectivity index (χ1) is 8.97. The predicted octanol–water partition coefficient (Wildman–Crippen LogP) is 1.74. The zero-order valence-electron chi connectivity index (χ0n) is 9.77. The smallest absolute Gasteiger partial charge is 0.307 e. The van der Waals surface area contributed by atoms with E-state index in [1.807, 2.05) is 0 Å². The second-order valence-corrected chi connectivity index (χ2v) is 5.28. The third-order valence-electron chi connectivity index (χ3n) is 3.52. The number of amides is 1. The van der Waals surface area contributed by atoms with Gasteiger partial charge in [-0.15, -0.1) is 0 Å². The van der Waals surface area contributed by atoms with E-state index in [0.717, 1.165) is 0 Å². The normalized spacial score (nSPS) is 23.7. The molecule has 5 nitrogen and oxygen atoms in total. The molecule has 3 rings (SSSR count). The summed E-state index contributed by atoms with van der Waals surface area (Å²) in [5.41, 5.74) is 1.62. The van der Waals surface area contributed by atoms with Gasteiger partial charge in [-0.05, 0) is 24.1 Å². The van der Waals surface area contributed by atoms with E-state index in [1.165, 1.54) is 6.07 Å². The van der Waals surface area contributed by atoms with Crippen LogP contribution in [0.25, 0.3) is 0 Å². The number of fused-ring (bicyclic) bond motifs is 1. The molecule has 0 radical (unpaired) electrons. The van der Waals surface area contributed by atoms with Crippen molar-refractivity contribution in [1.29, 1.82) is 0 Å². The minimum atomic E-state index is -0.942. The molecule has 0 aromatic heterocycles. The van der Waals surface area contributed by atoms with Gasteiger partial charge in [0.05, 0.1) is 23.0 Å². The zero-order valence-corrected chi connectivity index (χ0v) is 10.5. The highest BCUT2D eigenvalue weighted by Gasteiger charge is 2.48. The van der Waals surface area contributed by atoms with Gasteiger partial charge < -0.3 is 10.4 Å². The summed E-state index contributed by atoms with van der Waals surface area (Å²) in [6.45, 7) is 0. The van der Waals surface area contributed by atoms with E-state index in [9.17, 15) is 14.4 Å². The van der Waals surface area contributed by atoms with Crippen molar-refractivity contribution >= 4 is 34.9 Å². The van der Waals surface area contributed by atoms with Gasteiger partial charge in [-0.2, -0.15) is 0 Å². The van der Waals surface area contributed by atoms with Crippen molar-refractivity contribution in [2.45, 2.75) is 12.8 Å². The number of rotatable bonds is 3. The lowest BCUT2D eigenvalue weighted by atomic mass is 10.0. The highest BCUT2D eigenvalue weighted by Crippen LogP contribution is 2.42. The molecule has 6 heteroatoms. The molecule has 1 aromatic carbocycles. The van der Waals surface area contributed by atoms with Crippen molar-refractivity contribution in [1.82, 2.24) is 0 Å². The lowest BCUT2D eigenvalue weighted by molar-refractivity contribution is -0.138. The van der Waals surface area contributed by atoms with Crippen LogP contribution < -0.4 is 5.32 Å². The van der Waals surface area contributed by atoms with Crippen LogP contribution >= 0.6 is 11.6 Å². The molecule has 1 aliphatic heterocycles. The molecule has 1 fully saturated rings. The first kappa shape index (κ1) is 12.2. The van der Waals surface area contributed by atoms with Crippen LogP contribution in [0.5, 0.6) is 0 Å². The van der Waals surface area contributed by atoms with Crippen LogP contribution in [0.15, 0.2) is 12.1 Å². The lowest BCUT2D eigenvalue weighted by Gasteiger charge is -2.05. The fourth-order valence-corrected chi connectivity index (χ4v) is 2.70. The van der Waals surface area contributed by atoms with E-state index >= 15 is 0 Å². The number of benzene rings is 1. The molecule has 98 valence electrons. The molecule has 1 saturated carbocycles. The number of anilines is 1. The summed E-state index contributed by atoms with van der Waals surface area (Å²) < 4.78 is 0. The summed E-state index contributed by atoms with van der Waals surface area (Å²) in [4.78, 5) is 34.2.